The molecule has 1 aliphatic carbocycles. The summed E-state index contributed by atoms with van der Waals surface area (Å²) in [7, 11) is 0. The fourth-order valence-corrected chi connectivity index (χ4v) is 2.54. The molecule has 1 aliphatic rings. The van der Waals surface area contributed by atoms with Gasteiger partial charge in [-0.1, -0.05) is 43.3 Å². The highest BCUT2D eigenvalue weighted by Gasteiger charge is 2.21. The highest BCUT2D eigenvalue weighted by Crippen LogP contribution is 2.31. The predicted octanol–water partition coefficient (Wildman–Crippen LogP) is 3.85. The van der Waals surface area contributed by atoms with Gasteiger partial charge in [0.1, 0.15) is 0 Å². The molecular formula is C17H16O2. The van der Waals surface area contributed by atoms with E-state index in [4.69, 9.17) is 4.74 Å². The van der Waals surface area contributed by atoms with Crippen molar-refractivity contribution < 1.29 is 9.53 Å². The van der Waals surface area contributed by atoms with E-state index in [-0.39, 0.29) is 5.78 Å². The molecule has 0 radical (unpaired) electrons. The number of benzene rings is 2. The lowest BCUT2D eigenvalue weighted by molar-refractivity contribution is 0.0986. The molecule has 0 aromatic heterocycles. The van der Waals surface area contributed by atoms with Gasteiger partial charge in [-0.15, -0.1) is 0 Å². The number of ether oxygens (including phenoxy) is 1. The third-order valence-electron chi connectivity index (χ3n) is 3.41. The van der Waals surface area contributed by atoms with Crippen molar-refractivity contribution in [2.24, 2.45) is 0 Å². The Morgan fingerprint density at radius 1 is 1.11 bits per heavy atom. The Morgan fingerprint density at radius 3 is 2.68 bits per heavy atom. The third kappa shape index (κ3) is 2.08. The molecule has 0 saturated heterocycles. The van der Waals surface area contributed by atoms with E-state index in [9.17, 15) is 4.79 Å². The molecule has 0 aliphatic heterocycles. The lowest BCUT2D eigenvalue weighted by atomic mass is 9.88. The highest BCUT2D eigenvalue weighted by atomic mass is 16.5. The molecule has 0 heterocycles. The van der Waals surface area contributed by atoms with Crippen molar-refractivity contribution in [2.75, 3.05) is 13.2 Å². The Hall–Kier alpha value is -1.93. The summed E-state index contributed by atoms with van der Waals surface area (Å²) in [5.41, 5.74) is 2.66. The van der Waals surface area contributed by atoms with E-state index in [2.05, 4.69) is 13.0 Å². The van der Waals surface area contributed by atoms with Crippen molar-refractivity contribution in [3.05, 3.63) is 53.1 Å². The lowest BCUT2D eigenvalue weighted by Crippen LogP contribution is -2.13. The van der Waals surface area contributed by atoms with Crippen molar-refractivity contribution in [1.82, 2.24) is 0 Å². The number of hydrogen-bond acceptors (Lipinski definition) is 2. The van der Waals surface area contributed by atoms with Crippen LogP contribution < -0.4 is 0 Å². The minimum Gasteiger partial charge on any atom is -0.377 e. The second kappa shape index (κ2) is 4.98. The van der Waals surface area contributed by atoms with E-state index in [1.807, 2.05) is 36.4 Å². The quantitative estimate of drug-likeness (QED) is 0.773. The van der Waals surface area contributed by atoms with Gasteiger partial charge < -0.3 is 4.74 Å². The maximum absolute atomic E-state index is 12.4. The number of hydrogen-bond donors (Lipinski definition) is 0. The molecule has 2 aromatic carbocycles. The molecule has 19 heavy (non-hydrogen) atoms. The zero-order valence-electron chi connectivity index (χ0n) is 11.0. The third-order valence-corrected chi connectivity index (χ3v) is 3.41. The van der Waals surface area contributed by atoms with Crippen molar-refractivity contribution in [3.63, 3.8) is 0 Å². The molecule has 0 fully saturated rings. The van der Waals surface area contributed by atoms with Crippen LogP contribution in [0.2, 0.25) is 0 Å². The molecule has 0 amide bonds. The standard InChI is InChI=1S/C17H16O2/c1-2-9-19-11-14-10-13-7-3-5-12-6-4-8-15(16(12)13)17(14)18/h3-8,10H,2,9,11H2,1H3. The van der Waals surface area contributed by atoms with Crippen LogP contribution in [0.4, 0.5) is 0 Å². The molecular weight excluding hydrogens is 236 g/mol. The summed E-state index contributed by atoms with van der Waals surface area (Å²) in [4.78, 5) is 12.4. The van der Waals surface area contributed by atoms with Crippen molar-refractivity contribution in [1.29, 1.82) is 0 Å². The Bertz CT molecular complexity index is 663. The summed E-state index contributed by atoms with van der Waals surface area (Å²) in [5.74, 6) is 0.0976. The summed E-state index contributed by atoms with van der Waals surface area (Å²) in [6.07, 6.45) is 2.93. The number of carbonyl (C=O) groups is 1. The summed E-state index contributed by atoms with van der Waals surface area (Å²) in [5, 5.41) is 2.18. The smallest absolute Gasteiger partial charge is 0.192 e. The largest absolute Gasteiger partial charge is 0.377 e. The van der Waals surface area contributed by atoms with Crippen LogP contribution >= 0.6 is 0 Å². The van der Waals surface area contributed by atoms with Crippen LogP contribution in [-0.2, 0) is 4.74 Å². The topological polar surface area (TPSA) is 26.3 Å². The Kier molecular flexibility index (Phi) is 3.18. The first-order valence-corrected chi connectivity index (χ1v) is 6.66. The molecule has 2 nitrogen and oxygen atoms in total. The van der Waals surface area contributed by atoms with Gasteiger partial charge >= 0.3 is 0 Å². The van der Waals surface area contributed by atoms with E-state index < -0.39 is 0 Å². The van der Waals surface area contributed by atoms with Gasteiger partial charge in [0.05, 0.1) is 6.61 Å². The van der Waals surface area contributed by atoms with Gasteiger partial charge in [-0.05, 0) is 23.4 Å². The zero-order valence-corrected chi connectivity index (χ0v) is 11.0. The van der Waals surface area contributed by atoms with Gasteiger partial charge in [-0.25, -0.2) is 0 Å². The van der Waals surface area contributed by atoms with Gasteiger partial charge in [-0.3, -0.25) is 4.79 Å². The van der Waals surface area contributed by atoms with Crippen molar-refractivity contribution in [3.8, 4) is 0 Å². The average molecular weight is 252 g/mol. The minimum atomic E-state index is 0.0976. The van der Waals surface area contributed by atoms with E-state index in [0.717, 1.165) is 33.9 Å². The first-order chi connectivity index (χ1) is 9.31. The Labute approximate surface area is 112 Å². The molecule has 0 saturated carbocycles. The molecule has 0 atom stereocenters. The van der Waals surface area contributed by atoms with E-state index in [1.54, 1.807) is 0 Å². The minimum absolute atomic E-state index is 0.0976. The first kappa shape index (κ1) is 12.1. The van der Waals surface area contributed by atoms with Crippen LogP contribution in [-0.4, -0.2) is 19.0 Å². The maximum atomic E-state index is 12.4. The fraction of sp³-hybridized carbons (Fsp3) is 0.235. The van der Waals surface area contributed by atoms with Crippen LogP contribution in [0.5, 0.6) is 0 Å². The van der Waals surface area contributed by atoms with Crippen LogP contribution in [0, 0.1) is 0 Å². The lowest BCUT2D eigenvalue weighted by Gasteiger charge is -2.16. The van der Waals surface area contributed by atoms with Gasteiger partial charge in [0.25, 0.3) is 0 Å². The number of carbonyl (C=O) groups excluding carboxylic acids is 1. The SMILES string of the molecule is CCCOCC1=Cc2cccc3cccc(c23)C1=O. The normalized spacial score (nSPS) is 13.7. The summed E-state index contributed by atoms with van der Waals surface area (Å²) in [6.45, 7) is 3.15. The van der Waals surface area contributed by atoms with Gasteiger partial charge in [0.2, 0.25) is 0 Å². The number of rotatable bonds is 4. The molecule has 0 N–H and O–H groups in total. The number of ketones is 1. The predicted molar refractivity (Wildman–Crippen MR) is 77.4 cm³/mol. The van der Waals surface area contributed by atoms with Gasteiger partial charge in [-0.2, -0.15) is 0 Å². The fourth-order valence-electron chi connectivity index (χ4n) is 2.54. The molecule has 2 aromatic rings. The van der Waals surface area contributed by atoms with Gasteiger partial charge in [0.15, 0.2) is 5.78 Å². The van der Waals surface area contributed by atoms with E-state index in [0.29, 0.717) is 13.2 Å². The molecule has 3 rings (SSSR count). The van der Waals surface area contributed by atoms with E-state index in [1.165, 1.54) is 0 Å². The van der Waals surface area contributed by atoms with Crippen molar-refractivity contribution in [2.45, 2.75) is 13.3 Å². The van der Waals surface area contributed by atoms with Crippen LogP contribution in [0.3, 0.4) is 0 Å². The second-order valence-electron chi connectivity index (χ2n) is 4.80. The Balaban J connectivity index is 2.06. The molecule has 2 heteroatoms. The van der Waals surface area contributed by atoms with Crippen molar-refractivity contribution >= 4 is 22.6 Å². The molecule has 96 valence electrons. The maximum Gasteiger partial charge on any atom is 0.192 e. The molecule has 0 bridgehead atoms. The van der Waals surface area contributed by atoms with Crippen LogP contribution in [0.15, 0.2) is 42.0 Å². The Morgan fingerprint density at radius 2 is 1.89 bits per heavy atom. The zero-order chi connectivity index (χ0) is 13.2. The van der Waals surface area contributed by atoms with Gasteiger partial charge in [0, 0.05) is 23.1 Å². The molecule has 0 unspecified atom stereocenters. The van der Waals surface area contributed by atoms with Crippen LogP contribution in [0.1, 0.15) is 29.3 Å². The number of Topliss-reactive ketones (excluding diaryl/α,β-unsaturated/α-hetero) is 1. The van der Waals surface area contributed by atoms with Crippen LogP contribution in [0.25, 0.3) is 16.8 Å². The first-order valence-electron chi connectivity index (χ1n) is 6.66. The van der Waals surface area contributed by atoms with E-state index >= 15 is 0 Å². The monoisotopic (exact) mass is 252 g/mol. The average Bonchev–Trinajstić information content (AvgIpc) is 2.44. The summed E-state index contributed by atoms with van der Waals surface area (Å²) in [6, 6.07) is 12.0. The summed E-state index contributed by atoms with van der Waals surface area (Å²) < 4.78 is 5.51. The molecule has 0 spiro atoms. The highest BCUT2D eigenvalue weighted by molar-refractivity contribution is 6.22. The summed E-state index contributed by atoms with van der Waals surface area (Å²) >= 11 is 0. The second-order valence-corrected chi connectivity index (χ2v) is 4.80.